The Balaban J connectivity index is 1.24. The first-order valence-corrected chi connectivity index (χ1v) is 10.9. The highest BCUT2D eigenvalue weighted by Crippen LogP contribution is 2.19. The molecule has 0 amide bonds. The van der Waals surface area contributed by atoms with Crippen molar-refractivity contribution in [3.05, 3.63) is 119 Å². The third kappa shape index (κ3) is 7.24. The van der Waals surface area contributed by atoms with Gasteiger partial charge in [-0.05, 0) is 83.9 Å². The van der Waals surface area contributed by atoms with Crippen molar-refractivity contribution >= 4 is 20.3 Å². The molecule has 0 atom stereocenters. The van der Waals surface area contributed by atoms with Crippen LogP contribution in [0, 0.1) is 0 Å². The monoisotopic (exact) mass is 465 g/mol. The smallest absolute Gasteiger partial charge is 0.526 e. The Morgan fingerprint density at radius 1 is 0.543 bits per heavy atom. The predicted octanol–water partition coefficient (Wildman–Crippen LogP) is 5.46. The van der Waals surface area contributed by atoms with Crippen LogP contribution in [0.1, 0.15) is 31.8 Å². The zero-order valence-electron chi connectivity index (χ0n) is 18.8. The summed E-state index contributed by atoms with van der Waals surface area (Å²) in [5.74, 6) is 2.58. The van der Waals surface area contributed by atoms with Gasteiger partial charge in [0.1, 0.15) is 48.8 Å². The lowest BCUT2D eigenvalue weighted by molar-refractivity contribution is 0.111. The van der Waals surface area contributed by atoms with Crippen molar-refractivity contribution in [1.82, 2.24) is 0 Å². The van der Waals surface area contributed by atoms with Crippen LogP contribution in [0.25, 0.3) is 0 Å². The first-order chi connectivity index (χ1) is 17.2. The van der Waals surface area contributed by atoms with E-state index in [1.165, 1.54) is 7.69 Å². The number of hydrogen-bond donors (Lipinski definition) is 0. The van der Waals surface area contributed by atoms with E-state index in [4.69, 9.17) is 18.8 Å². The van der Waals surface area contributed by atoms with E-state index in [1.807, 2.05) is 48.5 Å². The Morgan fingerprint density at radius 3 is 1.37 bits per heavy atom. The van der Waals surface area contributed by atoms with Crippen molar-refractivity contribution in [2.75, 3.05) is 0 Å². The van der Waals surface area contributed by atoms with Gasteiger partial charge in [-0.25, -0.2) is 0 Å². The van der Waals surface area contributed by atoms with Crippen molar-refractivity contribution < 1.29 is 28.4 Å². The first-order valence-electron chi connectivity index (χ1n) is 10.9. The maximum Gasteiger partial charge on any atom is 0.658 e. The van der Waals surface area contributed by atoms with Crippen molar-refractivity contribution in [1.29, 1.82) is 0 Å². The Labute approximate surface area is 204 Å². The molecule has 6 nitrogen and oxygen atoms in total. The summed E-state index contributed by atoms with van der Waals surface area (Å²) in [6.45, 7) is 0.719. The standard InChI is InChI=1S/C28H22BO6/c30-17-21-7-11-25(12-8-21)32-19-23-3-1-5-27(15-23)34-29-35-28-6-2-4-24(16-28)20-33-26-13-9-22(18-31)10-14-26/h1-18H,19-20H2. The number of carbonyl (C=O) groups is 2. The van der Waals surface area contributed by atoms with E-state index in [2.05, 4.69) is 0 Å². The van der Waals surface area contributed by atoms with E-state index in [9.17, 15) is 9.59 Å². The minimum atomic E-state index is 0.360. The summed E-state index contributed by atoms with van der Waals surface area (Å²) >= 11 is 0. The fraction of sp³-hybridized carbons (Fsp3) is 0.0714. The molecule has 0 bridgehead atoms. The highest BCUT2D eigenvalue weighted by molar-refractivity contribution is 6.20. The van der Waals surface area contributed by atoms with Crippen molar-refractivity contribution in [3.8, 4) is 23.0 Å². The van der Waals surface area contributed by atoms with Crippen molar-refractivity contribution in [2.45, 2.75) is 13.2 Å². The van der Waals surface area contributed by atoms with E-state index >= 15 is 0 Å². The molecule has 0 aliphatic rings. The van der Waals surface area contributed by atoms with E-state index in [0.29, 0.717) is 47.3 Å². The minimum absolute atomic E-state index is 0.360. The summed E-state index contributed by atoms with van der Waals surface area (Å²) in [5, 5.41) is 0. The Hall–Kier alpha value is -4.52. The lowest BCUT2D eigenvalue weighted by Crippen LogP contribution is -2.11. The summed E-state index contributed by atoms with van der Waals surface area (Å²) < 4.78 is 22.8. The molecule has 35 heavy (non-hydrogen) atoms. The lowest BCUT2D eigenvalue weighted by atomic mass is 10.2. The Bertz CT molecular complexity index is 1160. The molecular weight excluding hydrogens is 443 g/mol. The molecular formula is C28H22BO6. The molecule has 0 spiro atoms. The van der Waals surface area contributed by atoms with Crippen LogP contribution in [0.2, 0.25) is 0 Å². The largest absolute Gasteiger partial charge is 0.658 e. The highest BCUT2D eigenvalue weighted by Gasteiger charge is 2.05. The average molecular weight is 465 g/mol. The molecule has 0 aliphatic heterocycles. The SMILES string of the molecule is O=Cc1ccc(OCc2cccc(O[B]Oc3cccc(COc4ccc(C=O)cc4)c3)c2)cc1. The molecule has 1 radical (unpaired) electrons. The van der Waals surface area contributed by atoms with Gasteiger partial charge in [0.05, 0.1) is 0 Å². The van der Waals surface area contributed by atoms with Gasteiger partial charge in [0.2, 0.25) is 0 Å². The number of hydrogen-bond acceptors (Lipinski definition) is 6. The number of carbonyl (C=O) groups excluding carboxylic acids is 2. The maximum absolute atomic E-state index is 10.7. The van der Waals surface area contributed by atoms with Gasteiger partial charge in [0.25, 0.3) is 0 Å². The topological polar surface area (TPSA) is 71.1 Å². The van der Waals surface area contributed by atoms with Crippen molar-refractivity contribution in [2.24, 2.45) is 0 Å². The fourth-order valence-electron chi connectivity index (χ4n) is 3.17. The zero-order valence-corrected chi connectivity index (χ0v) is 18.8. The van der Waals surface area contributed by atoms with Crippen LogP contribution in [0.5, 0.6) is 23.0 Å². The van der Waals surface area contributed by atoms with Crippen LogP contribution in [-0.2, 0) is 13.2 Å². The summed E-state index contributed by atoms with van der Waals surface area (Å²) in [6, 6.07) is 28.8. The minimum Gasteiger partial charge on any atom is -0.526 e. The zero-order chi connectivity index (χ0) is 24.3. The molecule has 4 rings (SSSR count). The second-order valence-electron chi connectivity index (χ2n) is 7.58. The van der Waals surface area contributed by atoms with Crippen LogP contribution in [0.4, 0.5) is 0 Å². The van der Waals surface area contributed by atoms with Gasteiger partial charge < -0.3 is 18.8 Å². The predicted molar refractivity (Wildman–Crippen MR) is 132 cm³/mol. The van der Waals surface area contributed by atoms with Gasteiger partial charge in [0, 0.05) is 11.1 Å². The Morgan fingerprint density at radius 2 is 0.971 bits per heavy atom. The summed E-state index contributed by atoms with van der Waals surface area (Å²) in [6.07, 6.45) is 1.59. The summed E-state index contributed by atoms with van der Waals surface area (Å²) in [4.78, 5) is 21.5. The molecule has 0 unspecified atom stereocenters. The number of aldehydes is 2. The quantitative estimate of drug-likeness (QED) is 0.204. The molecule has 0 N–H and O–H groups in total. The molecule has 0 heterocycles. The molecule has 0 aliphatic carbocycles. The average Bonchev–Trinajstić information content (AvgIpc) is 2.92. The van der Waals surface area contributed by atoms with Gasteiger partial charge in [0.15, 0.2) is 0 Å². The van der Waals surface area contributed by atoms with Crippen molar-refractivity contribution in [3.63, 3.8) is 0 Å². The number of benzene rings is 4. The first kappa shape index (κ1) is 23.6. The number of ether oxygens (including phenoxy) is 2. The Kier molecular flexibility index (Phi) is 8.16. The van der Waals surface area contributed by atoms with E-state index < -0.39 is 0 Å². The van der Waals surface area contributed by atoms with Crippen LogP contribution in [0.15, 0.2) is 97.1 Å². The van der Waals surface area contributed by atoms with Gasteiger partial charge >= 0.3 is 7.69 Å². The molecule has 0 aromatic heterocycles. The molecule has 0 saturated heterocycles. The molecule has 0 fully saturated rings. The van der Waals surface area contributed by atoms with Gasteiger partial charge in [-0.2, -0.15) is 0 Å². The molecule has 173 valence electrons. The molecule has 0 saturated carbocycles. The van der Waals surface area contributed by atoms with Gasteiger partial charge in [-0.15, -0.1) is 0 Å². The van der Waals surface area contributed by atoms with E-state index in [1.54, 1.807) is 48.5 Å². The van der Waals surface area contributed by atoms with Crippen LogP contribution >= 0.6 is 0 Å². The second-order valence-corrected chi connectivity index (χ2v) is 7.58. The van der Waals surface area contributed by atoms with Crippen LogP contribution in [-0.4, -0.2) is 20.3 Å². The molecule has 4 aromatic rings. The molecule has 7 heteroatoms. The van der Waals surface area contributed by atoms with E-state index in [0.717, 1.165) is 23.7 Å². The second kappa shape index (κ2) is 12.1. The van der Waals surface area contributed by atoms with Gasteiger partial charge in [-0.1, -0.05) is 24.3 Å². The summed E-state index contributed by atoms with van der Waals surface area (Å²) in [7, 11) is 1.27. The third-order valence-electron chi connectivity index (χ3n) is 5.01. The third-order valence-corrected chi connectivity index (χ3v) is 5.01. The van der Waals surface area contributed by atoms with Gasteiger partial charge in [-0.3, -0.25) is 9.59 Å². The normalized spacial score (nSPS) is 10.2. The summed E-state index contributed by atoms with van der Waals surface area (Å²) in [5.41, 5.74) is 3.06. The van der Waals surface area contributed by atoms with Crippen LogP contribution in [0.3, 0.4) is 0 Å². The number of rotatable bonds is 12. The van der Waals surface area contributed by atoms with Crippen LogP contribution < -0.4 is 18.8 Å². The molecule has 4 aromatic carbocycles. The highest BCUT2D eigenvalue weighted by atomic mass is 16.6. The fourth-order valence-corrected chi connectivity index (χ4v) is 3.17. The van der Waals surface area contributed by atoms with E-state index in [-0.39, 0.29) is 0 Å². The maximum atomic E-state index is 10.7. The lowest BCUT2D eigenvalue weighted by Gasteiger charge is -2.11.